The van der Waals surface area contributed by atoms with E-state index in [4.69, 9.17) is 5.73 Å². The highest BCUT2D eigenvalue weighted by Crippen LogP contribution is 2.16. The van der Waals surface area contributed by atoms with Gasteiger partial charge in [-0.15, -0.1) is 0 Å². The van der Waals surface area contributed by atoms with Crippen LogP contribution in [0.25, 0.3) is 0 Å². The van der Waals surface area contributed by atoms with Gasteiger partial charge in [0.15, 0.2) is 0 Å². The minimum absolute atomic E-state index is 0.554. The van der Waals surface area contributed by atoms with E-state index in [1.807, 2.05) is 13.1 Å². The summed E-state index contributed by atoms with van der Waals surface area (Å²) in [6, 6.07) is 4.56. The number of anilines is 1. The molecule has 0 aliphatic rings. The van der Waals surface area contributed by atoms with Crippen LogP contribution in [0, 0.1) is 5.92 Å². The van der Waals surface area contributed by atoms with Crippen molar-refractivity contribution >= 4 is 5.82 Å². The van der Waals surface area contributed by atoms with E-state index >= 15 is 0 Å². The summed E-state index contributed by atoms with van der Waals surface area (Å²) >= 11 is 0. The fraction of sp³-hybridized carbons (Fsp3) is 0.583. The van der Waals surface area contributed by atoms with Crippen molar-refractivity contribution in [3.8, 4) is 0 Å². The van der Waals surface area contributed by atoms with Crippen molar-refractivity contribution in [2.75, 3.05) is 12.8 Å². The summed E-state index contributed by atoms with van der Waals surface area (Å²) in [5, 5.41) is 3.25. The first-order chi connectivity index (χ1) is 7.13. The Morgan fingerprint density at radius 1 is 1.47 bits per heavy atom. The molecule has 0 aliphatic carbocycles. The smallest absolute Gasteiger partial charge is 0.126 e. The molecular formula is C12H21N3. The van der Waals surface area contributed by atoms with Crippen LogP contribution in [0.2, 0.25) is 0 Å². The number of rotatable bonds is 5. The van der Waals surface area contributed by atoms with E-state index in [0.29, 0.717) is 17.8 Å². The Morgan fingerprint density at radius 2 is 2.20 bits per heavy atom. The average molecular weight is 207 g/mol. The van der Waals surface area contributed by atoms with Crippen molar-refractivity contribution in [1.82, 2.24) is 10.3 Å². The largest absolute Gasteiger partial charge is 0.383 e. The molecule has 2 unspecified atom stereocenters. The molecule has 2 atom stereocenters. The molecule has 1 aromatic rings. The van der Waals surface area contributed by atoms with Gasteiger partial charge in [0, 0.05) is 12.2 Å². The van der Waals surface area contributed by atoms with Gasteiger partial charge in [-0.2, -0.15) is 0 Å². The number of nitrogens with two attached hydrogens (primary N) is 1. The first-order valence-electron chi connectivity index (χ1n) is 5.50. The molecule has 0 fully saturated rings. The number of hydrogen-bond acceptors (Lipinski definition) is 3. The molecule has 1 heterocycles. The Labute approximate surface area is 92.1 Å². The van der Waals surface area contributed by atoms with Crippen molar-refractivity contribution in [3.63, 3.8) is 0 Å². The molecule has 0 radical (unpaired) electrons. The van der Waals surface area contributed by atoms with E-state index in [-0.39, 0.29) is 0 Å². The van der Waals surface area contributed by atoms with Gasteiger partial charge in [0.2, 0.25) is 0 Å². The Hall–Kier alpha value is -1.09. The topological polar surface area (TPSA) is 50.9 Å². The standard InChI is InChI=1S/C12H21N3/c1-9(7-10(2)14-3)8-11-5-4-6-15-12(11)13/h4-6,9-10,14H,7-8H2,1-3H3,(H2,13,15). The van der Waals surface area contributed by atoms with E-state index in [0.717, 1.165) is 18.4 Å². The molecule has 3 N–H and O–H groups in total. The van der Waals surface area contributed by atoms with Crippen molar-refractivity contribution in [1.29, 1.82) is 0 Å². The lowest BCUT2D eigenvalue weighted by atomic mass is 9.95. The van der Waals surface area contributed by atoms with Crippen LogP contribution < -0.4 is 11.1 Å². The summed E-state index contributed by atoms with van der Waals surface area (Å²) in [4.78, 5) is 4.09. The SMILES string of the molecule is CNC(C)CC(C)Cc1cccnc1N. The second-order valence-corrected chi connectivity index (χ2v) is 4.28. The highest BCUT2D eigenvalue weighted by Gasteiger charge is 2.09. The third-order valence-electron chi connectivity index (χ3n) is 2.74. The quantitative estimate of drug-likeness (QED) is 0.774. The van der Waals surface area contributed by atoms with E-state index in [9.17, 15) is 0 Å². The summed E-state index contributed by atoms with van der Waals surface area (Å²) in [6.45, 7) is 4.45. The molecule has 0 aliphatic heterocycles. The monoisotopic (exact) mass is 207 g/mol. The zero-order valence-corrected chi connectivity index (χ0v) is 9.83. The highest BCUT2D eigenvalue weighted by atomic mass is 14.9. The second-order valence-electron chi connectivity index (χ2n) is 4.28. The molecule has 0 spiro atoms. The Bertz CT molecular complexity index is 299. The first-order valence-corrected chi connectivity index (χ1v) is 5.50. The third kappa shape index (κ3) is 3.88. The van der Waals surface area contributed by atoms with Crippen LogP contribution in [0.1, 0.15) is 25.8 Å². The van der Waals surface area contributed by atoms with E-state index < -0.39 is 0 Å². The zero-order valence-electron chi connectivity index (χ0n) is 9.83. The Morgan fingerprint density at radius 3 is 2.80 bits per heavy atom. The second kappa shape index (κ2) is 5.71. The van der Waals surface area contributed by atoms with Crippen LogP contribution >= 0.6 is 0 Å². The molecule has 0 bridgehead atoms. The molecule has 84 valence electrons. The van der Waals surface area contributed by atoms with Crippen molar-refractivity contribution < 1.29 is 0 Å². The van der Waals surface area contributed by atoms with Crippen molar-refractivity contribution in [2.45, 2.75) is 32.7 Å². The lowest BCUT2D eigenvalue weighted by Gasteiger charge is -2.17. The molecule has 0 saturated carbocycles. The van der Waals surface area contributed by atoms with Crippen LogP contribution in [-0.2, 0) is 6.42 Å². The zero-order chi connectivity index (χ0) is 11.3. The predicted octanol–water partition coefficient (Wildman–Crippen LogP) is 1.84. The lowest BCUT2D eigenvalue weighted by Crippen LogP contribution is -2.24. The summed E-state index contributed by atoms with van der Waals surface area (Å²) < 4.78 is 0. The Kier molecular flexibility index (Phi) is 4.56. The van der Waals surface area contributed by atoms with Crippen LogP contribution in [0.15, 0.2) is 18.3 Å². The van der Waals surface area contributed by atoms with Crippen LogP contribution in [0.5, 0.6) is 0 Å². The lowest BCUT2D eigenvalue weighted by molar-refractivity contribution is 0.440. The molecule has 3 heteroatoms. The summed E-state index contributed by atoms with van der Waals surface area (Å²) in [5.74, 6) is 1.29. The molecule has 15 heavy (non-hydrogen) atoms. The van der Waals surface area contributed by atoms with Gasteiger partial charge in [0.25, 0.3) is 0 Å². The molecule has 1 rings (SSSR count). The van der Waals surface area contributed by atoms with Crippen LogP contribution in [0.4, 0.5) is 5.82 Å². The predicted molar refractivity (Wildman–Crippen MR) is 64.7 cm³/mol. The maximum atomic E-state index is 5.81. The van der Waals surface area contributed by atoms with Gasteiger partial charge in [-0.1, -0.05) is 13.0 Å². The summed E-state index contributed by atoms with van der Waals surface area (Å²) in [7, 11) is 2.00. The van der Waals surface area contributed by atoms with E-state index in [2.05, 4.69) is 30.2 Å². The van der Waals surface area contributed by atoms with Crippen molar-refractivity contribution in [2.24, 2.45) is 5.92 Å². The van der Waals surface area contributed by atoms with Gasteiger partial charge >= 0.3 is 0 Å². The van der Waals surface area contributed by atoms with Crippen molar-refractivity contribution in [3.05, 3.63) is 23.9 Å². The minimum atomic E-state index is 0.554. The molecule has 0 aromatic carbocycles. The maximum absolute atomic E-state index is 5.81. The normalized spacial score (nSPS) is 14.9. The number of pyridine rings is 1. The average Bonchev–Trinajstić information content (AvgIpc) is 2.21. The number of nitrogen functional groups attached to an aromatic ring is 1. The fourth-order valence-electron chi connectivity index (χ4n) is 1.80. The number of aromatic nitrogens is 1. The fourth-order valence-corrected chi connectivity index (χ4v) is 1.80. The summed E-state index contributed by atoms with van der Waals surface area (Å²) in [5.41, 5.74) is 6.97. The van der Waals surface area contributed by atoms with Crippen LogP contribution in [-0.4, -0.2) is 18.1 Å². The third-order valence-corrected chi connectivity index (χ3v) is 2.74. The van der Waals surface area contributed by atoms with Gasteiger partial charge in [-0.3, -0.25) is 0 Å². The van der Waals surface area contributed by atoms with Gasteiger partial charge in [0.1, 0.15) is 5.82 Å². The molecule has 0 amide bonds. The maximum Gasteiger partial charge on any atom is 0.126 e. The molecular weight excluding hydrogens is 186 g/mol. The molecule has 3 nitrogen and oxygen atoms in total. The number of nitrogens with zero attached hydrogens (tertiary/aromatic N) is 1. The number of hydrogen-bond donors (Lipinski definition) is 2. The Balaban J connectivity index is 2.51. The van der Waals surface area contributed by atoms with E-state index in [1.165, 1.54) is 0 Å². The van der Waals surface area contributed by atoms with Gasteiger partial charge in [0.05, 0.1) is 0 Å². The molecule has 0 saturated heterocycles. The van der Waals surface area contributed by atoms with Crippen LogP contribution in [0.3, 0.4) is 0 Å². The number of nitrogens with one attached hydrogen (secondary N) is 1. The summed E-state index contributed by atoms with van der Waals surface area (Å²) in [6.07, 6.45) is 3.90. The van der Waals surface area contributed by atoms with E-state index in [1.54, 1.807) is 6.20 Å². The molecule has 1 aromatic heterocycles. The first kappa shape index (κ1) is 12.0. The highest BCUT2D eigenvalue weighted by molar-refractivity contribution is 5.38. The minimum Gasteiger partial charge on any atom is -0.383 e. The van der Waals surface area contributed by atoms with Gasteiger partial charge in [-0.05, 0) is 44.4 Å². The van der Waals surface area contributed by atoms with Gasteiger partial charge < -0.3 is 11.1 Å². The van der Waals surface area contributed by atoms with Gasteiger partial charge in [-0.25, -0.2) is 4.98 Å².